The van der Waals surface area contributed by atoms with Crippen LogP contribution in [0.2, 0.25) is 0 Å². The molecule has 4 aliphatic rings. The van der Waals surface area contributed by atoms with Gasteiger partial charge in [0, 0.05) is 30.1 Å². The average Bonchev–Trinajstić information content (AvgIpc) is 2.95. The number of carbonyl (C=O) groups is 3. The van der Waals surface area contributed by atoms with Crippen LogP contribution >= 0.6 is 0 Å². The molecule has 0 spiro atoms. The topological polar surface area (TPSA) is 60.4 Å². The van der Waals surface area contributed by atoms with Crippen LogP contribution < -0.4 is 0 Å². The number of esters is 1. The van der Waals surface area contributed by atoms with Gasteiger partial charge in [-0.05, 0) is 61.9 Å². The number of ketones is 2. The zero-order chi connectivity index (χ0) is 19.4. The standard InChI is InChI=1S/C23H32O4/c1-4-21(26)27-13-23-14(2)11-16(24)12-15(23)5-6-17-18-7-8-20(25)22(18,3)10-9-19(17)23/h12,14,17-19H,4-11,13H2,1-3H3/t14-,17-,18-,19-,22-,23-/m0/s1. The molecule has 0 radical (unpaired) electrons. The Kier molecular flexibility index (Phi) is 4.59. The van der Waals surface area contributed by atoms with Crippen LogP contribution in [-0.4, -0.2) is 24.1 Å². The lowest BCUT2D eigenvalue weighted by molar-refractivity contribution is -0.155. The van der Waals surface area contributed by atoms with E-state index in [0.717, 1.165) is 38.5 Å². The smallest absolute Gasteiger partial charge is 0.305 e. The molecule has 0 amide bonds. The van der Waals surface area contributed by atoms with Crippen molar-refractivity contribution in [3.63, 3.8) is 0 Å². The Morgan fingerprint density at radius 1 is 1.19 bits per heavy atom. The predicted octanol–water partition coefficient (Wildman–Crippen LogP) is 4.27. The lowest BCUT2D eigenvalue weighted by Crippen LogP contribution is -2.56. The molecule has 148 valence electrons. The van der Waals surface area contributed by atoms with Crippen LogP contribution in [-0.2, 0) is 19.1 Å². The van der Waals surface area contributed by atoms with Gasteiger partial charge in [0.25, 0.3) is 0 Å². The van der Waals surface area contributed by atoms with E-state index in [1.54, 1.807) is 0 Å². The summed E-state index contributed by atoms with van der Waals surface area (Å²) in [5, 5.41) is 0. The Hall–Kier alpha value is -1.45. The second-order valence-electron chi connectivity index (χ2n) is 9.63. The molecule has 3 fully saturated rings. The van der Waals surface area contributed by atoms with Gasteiger partial charge < -0.3 is 4.74 Å². The minimum Gasteiger partial charge on any atom is -0.465 e. The van der Waals surface area contributed by atoms with Gasteiger partial charge in [-0.3, -0.25) is 14.4 Å². The van der Waals surface area contributed by atoms with Gasteiger partial charge in [0.05, 0.1) is 0 Å². The normalized spacial score (nSPS) is 43.4. The Labute approximate surface area is 162 Å². The molecule has 4 aliphatic carbocycles. The number of carbonyl (C=O) groups excluding carboxylic acids is 3. The molecule has 4 rings (SSSR count). The molecule has 0 unspecified atom stereocenters. The first-order chi connectivity index (χ1) is 12.8. The van der Waals surface area contributed by atoms with Crippen molar-refractivity contribution >= 4 is 17.5 Å². The molecule has 6 atom stereocenters. The van der Waals surface area contributed by atoms with Gasteiger partial charge in [0.15, 0.2) is 5.78 Å². The highest BCUT2D eigenvalue weighted by atomic mass is 16.5. The fourth-order valence-electron chi connectivity index (χ4n) is 7.16. The molecule has 0 aromatic carbocycles. The van der Waals surface area contributed by atoms with Crippen LogP contribution in [0.3, 0.4) is 0 Å². The van der Waals surface area contributed by atoms with Crippen LogP contribution in [0.5, 0.6) is 0 Å². The average molecular weight is 373 g/mol. The van der Waals surface area contributed by atoms with Crippen molar-refractivity contribution in [2.75, 3.05) is 6.61 Å². The SMILES string of the molecule is CCC(=O)OC[C@@]12C(=CC(=O)C[C@@H]1C)CC[C@@H]1[C@@H]2CC[C@]2(C)C(=O)CC[C@@H]12. The molecule has 0 heterocycles. The van der Waals surface area contributed by atoms with Gasteiger partial charge >= 0.3 is 5.97 Å². The van der Waals surface area contributed by atoms with Crippen LogP contribution in [0.1, 0.15) is 72.1 Å². The third-order valence-corrected chi connectivity index (χ3v) is 8.64. The third-order valence-electron chi connectivity index (χ3n) is 8.64. The van der Waals surface area contributed by atoms with E-state index in [-0.39, 0.29) is 28.5 Å². The molecule has 0 bridgehead atoms. The summed E-state index contributed by atoms with van der Waals surface area (Å²) >= 11 is 0. The molecule has 3 saturated carbocycles. The minimum absolute atomic E-state index is 0.155. The zero-order valence-electron chi connectivity index (χ0n) is 16.9. The predicted molar refractivity (Wildman–Crippen MR) is 102 cm³/mol. The van der Waals surface area contributed by atoms with Crippen molar-refractivity contribution in [2.45, 2.75) is 72.1 Å². The van der Waals surface area contributed by atoms with Crippen molar-refractivity contribution in [3.8, 4) is 0 Å². The highest BCUT2D eigenvalue weighted by Crippen LogP contribution is 2.65. The van der Waals surface area contributed by atoms with E-state index in [0.29, 0.717) is 43.0 Å². The third kappa shape index (κ3) is 2.66. The minimum atomic E-state index is -0.214. The van der Waals surface area contributed by atoms with E-state index < -0.39 is 0 Å². The van der Waals surface area contributed by atoms with Crippen molar-refractivity contribution in [3.05, 3.63) is 11.6 Å². The summed E-state index contributed by atoms with van der Waals surface area (Å²) in [7, 11) is 0. The van der Waals surface area contributed by atoms with E-state index >= 15 is 0 Å². The van der Waals surface area contributed by atoms with Gasteiger partial charge in [0.2, 0.25) is 0 Å². The van der Waals surface area contributed by atoms with Gasteiger partial charge in [-0.1, -0.05) is 26.3 Å². The van der Waals surface area contributed by atoms with Gasteiger partial charge in [-0.2, -0.15) is 0 Å². The summed E-state index contributed by atoms with van der Waals surface area (Å²) < 4.78 is 5.75. The van der Waals surface area contributed by atoms with E-state index in [9.17, 15) is 14.4 Å². The van der Waals surface area contributed by atoms with Gasteiger partial charge in [-0.25, -0.2) is 0 Å². The number of rotatable bonds is 3. The summed E-state index contributed by atoms with van der Waals surface area (Å²) in [5.41, 5.74) is 0.843. The fraction of sp³-hybridized carbons (Fsp3) is 0.783. The van der Waals surface area contributed by atoms with Crippen LogP contribution in [0.25, 0.3) is 0 Å². The first-order valence-electron chi connectivity index (χ1n) is 10.8. The highest BCUT2D eigenvalue weighted by molar-refractivity contribution is 5.92. The first kappa shape index (κ1) is 18.9. The maximum atomic E-state index is 12.6. The molecule has 0 aromatic rings. The summed E-state index contributed by atoms with van der Waals surface area (Å²) in [5.74, 6) is 2.05. The molecule has 4 heteroatoms. The first-order valence-corrected chi connectivity index (χ1v) is 10.8. The van der Waals surface area contributed by atoms with Crippen molar-refractivity contribution in [2.24, 2.45) is 34.5 Å². The lowest BCUT2D eigenvalue weighted by Gasteiger charge is -2.59. The van der Waals surface area contributed by atoms with Crippen molar-refractivity contribution < 1.29 is 19.1 Å². The molecular weight excluding hydrogens is 340 g/mol. The largest absolute Gasteiger partial charge is 0.465 e. The molecule has 0 saturated heterocycles. The van der Waals surface area contributed by atoms with Crippen LogP contribution in [0.15, 0.2) is 11.6 Å². The molecule has 0 aliphatic heterocycles. The molecule has 4 nitrogen and oxygen atoms in total. The Morgan fingerprint density at radius 3 is 2.70 bits per heavy atom. The number of hydrogen-bond donors (Lipinski definition) is 0. The van der Waals surface area contributed by atoms with E-state index in [1.807, 2.05) is 13.0 Å². The number of fused-ring (bicyclic) bond motifs is 5. The number of Topliss-reactive ketones (excluding diaryl/α,β-unsaturated/α-hetero) is 1. The van der Waals surface area contributed by atoms with E-state index in [4.69, 9.17) is 4.74 Å². The highest BCUT2D eigenvalue weighted by Gasteiger charge is 2.62. The summed E-state index contributed by atoms with van der Waals surface area (Å²) in [6, 6.07) is 0. The maximum Gasteiger partial charge on any atom is 0.305 e. The summed E-state index contributed by atoms with van der Waals surface area (Å²) in [4.78, 5) is 36.9. The maximum absolute atomic E-state index is 12.6. The van der Waals surface area contributed by atoms with Crippen LogP contribution in [0.4, 0.5) is 0 Å². The van der Waals surface area contributed by atoms with Crippen molar-refractivity contribution in [1.29, 1.82) is 0 Å². The monoisotopic (exact) mass is 372 g/mol. The Bertz CT molecular complexity index is 707. The molecule has 0 aromatic heterocycles. The zero-order valence-corrected chi connectivity index (χ0v) is 16.9. The second-order valence-corrected chi connectivity index (χ2v) is 9.63. The van der Waals surface area contributed by atoms with Crippen LogP contribution in [0, 0.1) is 34.5 Å². The molecular formula is C23H32O4. The van der Waals surface area contributed by atoms with E-state index in [1.165, 1.54) is 5.57 Å². The Morgan fingerprint density at radius 2 is 1.96 bits per heavy atom. The molecule has 0 N–H and O–H groups in total. The lowest BCUT2D eigenvalue weighted by atomic mass is 9.45. The summed E-state index contributed by atoms with van der Waals surface area (Å²) in [6.07, 6.45) is 8.42. The Balaban J connectivity index is 1.73. The molecule has 27 heavy (non-hydrogen) atoms. The number of ether oxygens (including phenoxy) is 1. The van der Waals surface area contributed by atoms with Crippen molar-refractivity contribution in [1.82, 2.24) is 0 Å². The second kappa shape index (κ2) is 6.56. The summed E-state index contributed by atoms with van der Waals surface area (Å²) in [6.45, 7) is 6.58. The van der Waals surface area contributed by atoms with Gasteiger partial charge in [-0.15, -0.1) is 0 Å². The van der Waals surface area contributed by atoms with E-state index in [2.05, 4.69) is 13.8 Å². The van der Waals surface area contributed by atoms with Gasteiger partial charge in [0.1, 0.15) is 12.4 Å². The quantitative estimate of drug-likeness (QED) is 0.694. The fourth-order valence-corrected chi connectivity index (χ4v) is 7.16. The number of hydrogen-bond acceptors (Lipinski definition) is 4.